The SMILES string of the molecule is NCC1(NC23CC4CC(CC(C4)C2)C3)CCCC1. The second-order valence-electron chi connectivity index (χ2n) is 8.01. The number of nitrogens with two attached hydrogens (primary N) is 1. The Hall–Kier alpha value is -0.0800. The summed E-state index contributed by atoms with van der Waals surface area (Å²) in [4.78, 5) is 0. The number of rotatable bonds is 3. The Morgan fingerprint density at radius 2 is 1.39 bits per heavy atom. The van der Waals surface area contributed by atoms with Gasteiger partial charge in [-0.3, -0.25) is 0 Å². The highest BCUT2D eigenvalue weighted by molar-refractivity contribution is 5.10. The molecular weight excluding hydrogens is 220 g/mol. The van der Waals surface area contributed by atoms with Gasteiger partial charge in [0.05, 0.1) is 0 Å². The summed E-state index contributed by atoms with van der Waals surface area (Å²) in [5.41, 5.74) is 6.95. The first-order valence-corrected chi connectivity index (χ1v) is 8.20. The second kappa shape index (κ2) is 3.96. The van der Waals surface area contributed by atoms with Crippen molar-refractivity contribution in [2.75, 3.05) is 6.54 Å². The summed E-state index contributed by atoms with van der Waals surface area (Å²) >= 11 is 0. The maximum absolute atomic E-state index is 6.14. The van der Waals surface area contributed by atoms with E-state index in [1.165, 1.54) is 64.2 Å². The molecule has 0 aromatic rings. The lowest BCUT2D eigenvalue weighted by molar-refractivity contribution is -0.0347. The maximum Gasteiger partial charge on any atom is 0.0308 e. The Kier molecular flexibility index (Phi) is 2.58. The normalized spacial score (nSPS) is 48.8. The van der Waals surface area contributed by atoms with Crippen LogP contribution in [0, 0.1) is 17.8 Å². The Balaban J connectivity index is 1.56. The lowest BCUT2D eigenvalue weighted by atomic mass is 9.52. The third kappa shape index (κ3) is 1.76. The van der Waals surface area contributed by atoms with Gasteiger partial charge < -0.3 is 11.1 Å². The predicted octanol–water partition coefficient (Wildman–Crippen LogP) is 2.82. The van der Waals surface area contributed by atoms with Gasteiger partial charge in [0, 0.05) is 17.6 Å². The average Bonchev–Trinajstić information content (AvgIpc) is 2.75. The van der Waals surface area contributed by atoms with Gasteiger partial charge in [0.1, 0.15) is 0 Å². The third-order valence-corrected chi connectivity index (χ3v) is 6.52. The van der Waals surface area contributed by atoms with Gasteiger partial charge in [-0.05, 0) is 69.1 Å². The van der Waals surface area contributed by atoms with Crippen LogP contribution in [-0.2, 0) is 0 Å². The molecule has 5 fully saturated rings. The highest BCUT2D eigenvalue weighted by Gasteiger charge is 2.53. The second-order valence-corrected chi connectivity index (χ2v) is 8.01. The van der Waals surface area contributed by atoms with E-state index in [0.29, 0.717) is 11.1 Å². The molecule has 5 saturated carbocycles. The summed E-state index contributed by atoms with van der Waals surface area (Å²) in [5.74, 6) is 3.12. The fourth-order valence-corrected chi connectivity index (χ4v) is 6.26. The molecule has 18 heavy (non-hydrogen) atoms. The summed E-state index contributed by atoms with van der Waals surface area (Å²) in [6.45, 7) is 0.856. The van der Waals surface area contributed by atoms with E-state index in [4.69, 9.17) is 5.73 Å². The first-order valence-electron chi connectivity index (χ1n) is 8.20. The molecule has 5 rings (SSSR count). The first kappa shape index (κ1) is 11.7. The van der Waals surface area contributed by atoms with Crippen LogP contribution in [0.3, 0.4) is 0 Å². The quantitative estimate of drug-likeness (QED) is 0.806. The van der Waals surface area contributed by atoms with E-state index in [9.17, 15) is 0 Å². The summed E-state index contributed by atoms with van der Waals surface area (Å²) in [5, 5.41) is 4.16. The van der Waals surface area contributed by atoms with Crippen LogP contribution in [0.1, 0.15) is 64.2 Å². The molecule has 3 N–H and O–H groups in total. The number of hydrogen-bond acceptors (Lipinski definition) is 2. The minimum absolute atomic E-state index is 0.311. The highest BCUT2D eigenvalue weighted by atomic mass is 15.1. The molecule has 0 unspecified atom stereocenters. The Bertz CT molecular complexity index is 295. The largest absolute Gasteiger partial charge is 0.329 e. The molecule has 5 aliphatic rings. The fourth-order valence-electron chi connectivity index (χ4n) is 6.26. The van der Waals surface area contributed by atoms with E-state index in [1.54, 1.807) is 0 Å². The molecule has 102 valence electrons. The average molecular weight is 248 g/mol. The van der Waals surface area contributed by atoms with Gasteiger partial charge >= 0.3 is 0 Å². The van der Waals surface area contributed by atoms with Crippen molar-refractivity contribution in [2.45, 2.75) is 75.3 Å². The zero-order chi connectivity index (χ0) is 12.2. The van der Waals surface area contributed by atoms with E-state index in [-0.39, 0.29) is 0 Å². The molecule has 5 aliphatic carbocycles. The summed E-state index contributed by atoms with van der Waals surface area (Å²) in [6.07, 6.45) is 14.4. The van der Waals surface area contributed by atoms with Crippen LogP contribution in [0.25, 0.3) is 0 Å². The van der Waals surface area contributed by atoms with Gasteiger partial charge in [-0.1, -0.05) is 12.8 Å². The van der Waals surface area contributed by atoms with E-state index >= 15 is 0 Å². The minimum atomic E-state index is 0.311. The highest BCUT2D eigenvalue weighted by Crippen LogP contribution is 2.56. The molecule has 0 aliphatic heterocycles. The van der Waals surface area contributed by atoms with Crippen LogP contribution < -0.4 is 11.1 Å². The molecule has 0 saturated heterocycles. The summed E-state index contributed by atoms with van der Waals surface area (Å²) in [7, 11) is 0. The van der Waals surface area contributed by atoms with Crippen molar-refractivity contribution in [2.24, 2.45) is 23.5 Å². The molecule has 0 aromatic heterocycles. The van der Waals surface area contributed by atoms with Gasteiger partial charge in [-0.2, -0.15) is 0 Å². The Morgan fingerprint density at radius 1 is 0.889 bits per heavy atom. The van der Waals surface area contributed by atoms with Crippen molar-refractivity contribution in [3.8, 4) is 0 Å². The van der Waals surface area contributed by atoms with Crippen LogP contribution in [-0.4, -0.2) is 17.6 Å². The monoisotopic (exact) mass is 248 g/mol. The molecule has 4 bridgehead atoms. The smallest absolute Gasteiger partial charge is 0.0308 e. The molecule has 0 aromatic carbocycles. The van der Waals surface area contributed by atoms with E-state index in [1.807, 2.05) is 0 Å². The topological polar surface area (TPSA) is 38.0 Å². The van der Waals surface area contributed by atoms with Crippen molar-refractivity contribution in [3.05, 3.63) is 0 Å². The van der Waals surface area contributed by atoms with E-state index in [2.05, 4.69) is 5.32 Å². The molecule has 0 amide bonds. The fraction of sp³-hybridized carbons (Fsp3) is 1.00. The van der Waals surface area contributed by atoms with Crippen LogP contribution in [0.5, 0.6) is 0 Å². The molecule has 0 heterocycles. The van der Waals surface area contributed by atoms with Crippen LogP contribution in [0.2, 0.25) is 0 Å². The molecule has 0 radical (unpaired) electrons. The zero-order valence-electron chi connectivity index (χ0n) is 11.6. The lowest BCUT2D eigenvalue weighted by Crippen LogP contribution is -2.66. The van der Waals surface area contributed by atoms with Crippen molar-refractivity contribution in [1.82, 2.24) is 5.32 Å². The van der Waals surface area contributed by atoms with Crippen molar-refractivity contribution in [3.63, 3.8) is 0 Å². The van der Waals surface area contributed by atoms with Gasteiger partial charge in [-0.15, -0.1) is 0 Å². The zero-order valence-corrected chi connectivity index (χ0v) is 11.6. The molecule has 2 heteroatoms. The molecule has 2 nitrogen and oxygen atoms in total. The summed E-state index contributed by atoms with van der Waals surface area (Å²) in [6, 6.07) is 0. The predicted molar refractivity (Wildman–Crippen MR) is 74.3 cm³/mol. The Morgan fingerprint density at radius 3 is 1.83 bits per heavy atom. The molecule has 0 atom stereocenters. The van der Waals surface area contributed by atoms with Crippen LogP contribution >= 0.6 is 0 Å². The van der Waals surface area contributed by atoms with Gasteiger partial charge in [0.15, 0.2) is 0 Å². The van der Waals surface area contributed by atoms with Crippen molar-refractivity contribution >= 4 is 0 Å². The van der Waals surface area contributed by atoms with Crippen LogP contribution in [0.15, 0.2) is 0 Å². The van der Waals surface area contributed by atoms with E-state index < -0.39 is 0 Å². The minimum Gasteiger partial charge on any atom is -0.329 e. The number of nitrogens with one attached hydrogen (secondary N) is 1. The molecule has 0 spiro atoms. The third-order valence-electron chi connectivity index (χ3n) is 6.52. The van der Waals surface area contributed by atoms with Gasteiger partial charge in [-0.25, -0.2) is 0 Å². The lowest BCUT2D eigenvalue weighted by Gasteiger charge is -2.59. The standard InChI is InChI=1S/C16H28N2/c17-11-15(3-1-2-4-15)18-16-8-12-5-13(9-16)7-14(6-12)10-16/h12-14,18H,1-11,17H2. The first-order chi connectivity index (χ1) is 8.71. The summed E-state index contributed by atoms with van der Waals surface area (Å²) < 4.78 is 0. The van der Waals surface area contributed by atoms with Crippen molar-refractivity contribution in [1.29, 1.82) is 0 Å². The Labute approximate surface area is 111 Å². The van der Waals surface area contributed by atoms with Crippen molar-refractivity contribution < 1.29 is 0 Å². The molecular formula is C16H28N2. The van der Waals surface area contributed by atoms with Gasteiger partial charge in [0.2, 0.25) is 0 Å². The van der Waals surface area contributed by atoms with Gasteiger partial charge in [0.25, 0.3) is 0 Å². The maximum atomic E-state index is 6.14. The van der Waals surface area contributed by atoms with Crippen LogP contribution in [0.4, 0.5) is 0 Å². The number of hydrogen-bond donors (Lipinski definition) is 2. The van der Waals surface area contributed by atoms with E-state index in [0.717, 1.165) is 24.3 Å².